The van der Waals surface area contributed by atoms with Crippen molar-refractivity contribution in [3.63, 3.8) is 0 Å². The number of amides is 1. The van der Waals surface area contributed by atoms with E-state index in [4.69, 9.17) is 0 Å². The Balaban J connectivity index is 1.75. The molecule has 4 nitrogen and oxygen atoms in total. The van der Waals surface area contributed by atoms with Gasteiger partial charge in [0.15, 0.2) is 0 Å². The van der Waals surface area contributed by atoms with Crippen molar-refractivity contribution in [3.05, 3.63) is 29.8 Å². The number of carbonyl (C=O) groups is 1. The molecule has 0 aliphatic carbocycles. The summed E-state index contributed by atoms with van der Waals surface area (Å²) in [6, 6.07) is 7.51. The molecule has 2 N–H and O–H groups in total. The van der Waals surface area contributed by atoms with Crippen molar-refractivity contribution >= 4 is 5.91 Å². The second-order valence-corrected chi connectivity index (χ2v) is 5.60. The zero-order valence-electron chi connectivity index (χ0n) is 12.1. The van der Waals surface area contributed by atoms with Gasteiger partial charge in [0.2, 0.25) is 5.91 Å². The first-order valence-corrected chi connectivity index (χ1v) is 7.40. The minimum atomic E-state index is 0.186. The highest BCUT2D eigenvalue weighted by molar-refractivity contribution is 5.75. The molecule has 0 aromatic heterocycles. The number of hydrogen-bond donors (Lipinski definition) is 2. The fraction of sp³-hybridized carbons (Fsp3) is 0.562. The van der Waals surface area contributed by atoms with Crippen molar-refractivity contribution in [2.75, 3.05) is 13.6 Å². The first kappa shape index (κ1) is 14.9. The Kier molecular flexibility index (Phi) is 5.41. The van der Waals surface area contributed by atoms with E-state index in [2.05, 4.69) is 5.32 Å². The molecule has 1 aliphatic rings. The molecule has 1 amide bonds. The topological polar surface area (TPSA) is 52.6 Å². The summed E-state index contributed by atoms with van der Waals surface area (Å²) in [4.78, 5) is 13.9. The number of rotatable bonds is 5. The Labute approximate surface area is 120 Å². The molecule has 0 spiro atoms. The zero-order chi connectivity index (χ0) is 14.4. The molecular weight excluding hydrogens is 252 g/mol. The maximum Gasteiger partial charge on any atom is 0.222 e. The Morgan fingerprint density at radius 2 is 2.10 bits per heavy atom. The predicted molar refractivity (Wildman–Crippen MR) is 79.5 cm³/mol. The van der Waals surface area contributed by atoms with Crippen LogP contribution in [0.5, 0.6) is 5.75 Å². The average Bonchev–Trinajstić information content (AvgIpc) is 2.48. The van der Waals surface area contributed by atoms with Gasteiger partial charge >= 0.3 is 0 Å². The number of nitrogens with one attached hydrogen (secondary N) is 1. The zero-order valence-corrected chi connectivity index (χ0v) is 12.1. The van der Waals surface area contributed by atoms with Crippen LogP contribution >= 0.6 is 0 Å². The van der Waals surface area contributed by atoms with Crippen LogP contribution in [0.2, 0.25) is 0 Å². The van der Waals surface area contributed by atoms with Crippen LogP contribution in [-0.2, 0) is 11.3 Å². The van der Waals surface area contributed by atoms with Gasteiger partial charge in [-0.2, -0.15) is 0 Å². The summed E-state index contributed by atoms with van der Waals surface area (Å²) in [7, 11) is 1.84. The summed E-state index contributed by atoms with van der Waals surface area (Å²) in [5, 5.41) is 12.7. The maximum absolute atomic E-state index is 12.1. The predicted octanol–water partition coefficient (Wildman–Crippen LogP) is 2.27. The van der Waals surface area contributed by atoms with Gasteiger partial charge in [-0.05, 0) is 43.5 Å². The average molecular weight is 276 g/mol. The highest BCUT2D eigenvalue weighted by atomic mass is 16.3. The lowest BCUT2D eigenvalue weighted by atomic mass is 10.0. The molecule has 0 saturated carbocycles. The number of hydrogen-bond acceptors (Lipinski definition) is 3. The minimum absolute atomic E-state index is 0.186. The summed E-state index contributed by atoms with van der Waals surface area (Å²) in [5.41, 5.74) is 1.04. The van der Waals surface area contributed by atoms with Crippen LogP contribution in [-0.4, -0.2) is 35.5 Å². The molecule has 1 aliphatic heterocycles. The molecule has 1 unspecified atom stereocenters. The van der Waals surface area contributed by atoms with Gasteiger partial charge in [-0.25, -0.2) is 0 Å². The summed E-state index contributed by atoms with van der Waals surface area (Å²) in [6.45, 7) is 1.68. The monoisotopic (exact) mass is 276 g/mol. The summed E-state index contributed by atoms with van der Waals surface area (Å²) < 4.78 is 0. The van der Waals surface area contributed by atoms with E-state index >= 15 is 0 Å². The third-order valence-corrected chi connectivity index (χ3v) is 3.90. The van der Waals surface area contributed by atoms with Crippen LogP contribution in [0.25, 0.3) is 0 Å². The van der Waals surface area contributed by atoms with E-state index in [0.29, 0.717) is 19.0 Å². The Hall–Kier alpha value is -1.55. The molecule has 1 aromatic rings. The van der Waals surface area contributed by atoms with Crippen molar-refractivity contribution < 1.29 is 9.90 Å². The van der Waals surface area contributed by atoms with E-state index in [1.165, 1.54) is 19.3 Å². The van der Waals surface area contributed by atoms with E-state index < -0.39 is 0 Å². The molecule has 110 valence electrons. The lowest BCUT2D eigenvalue weighted by Gasteiger charge is -2.24. The second-order valence-electron chi connectivity index (χ2n) is 5.60. The highest BCUT2D eigenvalue weighted by Gasteiger charge is 2.16. The molecular formula is C16H24N2O2. The van der Waals surface area contributed by atoms with Crippen molar-refractivity contribution in [1.82, 2.24) is 10.2 Å². The molecule has 1 atom stereocenters. The molecule has 1 aromatic carbocycles. The molecule has 1 fully saturated rings. The van der Waals surface area contributed by atoms with E-state index in [0.717, 1.165) is 18.5 Å². The SMILES string of the molecule is CN(Cc1ccc(O)cc1)C(=O)CCC1CCCCN1. The van der Waals surface area contributed by atoms with Gasteiger partial charge in [0.25, 0.3) is 0 Å². The minimum Gasteiger partial charge on any atom is -0.508 e. The highest BCUT2D eigenvalue weighted by Crippen LogP contribution is 2.14. The van der Waals surface area contributed by atoms with Crippen molar-refractivity contribution in [1.29, 1.82) is 0 Å². The van der Waals surface area contributed by atoms with Gasteiger partial charge in [-0.15, -0.1) is 0 Å². The summed E-state index contributed by atoms with van der Waals surface area (Å²) in [6.07, 6.45) is 5.25. The number of nitrogens with zero attached hydrogens (tertiary/aromatic N) is 1. The first-order valence-electron chi connectivity index (χ1n) is 7.40. The summed E-state index contributed by atoms with van der Waals surface area (Å²) in [5.74, 6) is 0.441. The third-order valence-electron chi connectivity index (χ3n) is 3.90. The van der Waals surface area contributed by atoms with E-state index in [-0.39, 0.29) is 11.7 Å². The fourth-order valence-corrected chi connectivity index (χ4v) is 2.62. The molecule has 0 radical (unpaired) electrons. The van der Waals surface area contributed by atoms with Gasteiger partial charge in [-0.1, -0.05) is 18.6 Å². The number of phenolic OH excluding ortho intramolecular Hbond substituents is 1. The molecule has 20 heavy (non-hydrogen) atoms. The quantitative estimate of drug-likeness (QED) is 0.867. The van der Waals surface area contributed by atoms with Gasteiger partial charge in [0.1, 0.15) is 5.75 Å². The van der Waals surface area contributed by atoms with Crippen molar-refractivity contribution in [2.45, 2.75) is 44.7 Å². The normalized spacial score (nSPS) is 18.8. The Morgan fingerprint density at radius 3 is 2.75 bits per heavy atom. The number of benzene rings is 1. The van der Waals surface area contributed by atoms with Gasteiger partial charge < -0.3 is 15.3 Å². The van der Waals surface area contributed by atoms with Crippen LogP contribution in [0, 0.1) is 0 Å². The fourth-order valence-electron chi connectivity index (χ4n) is 2.62. The first-order chi connectivity index (χ1) is 9.65. The largest absolute Gasteiger partial charge is 0.508 e. The van der Waals surface area contributed by atoms with Crippen LogP contribution in [0.3, 0.4) is 0 Å². The number of piperidine rings is 1. The Morgan fingerprint density at radius 1 is 1.35 bits per heavy atom. The molecule has 2 rings (SSSR count). The smallest absolute Gasteiger partial charge is 0.222 e. The maximum atomic E-state index is 12.1. The van der Waals surface area contributed by atoms with Gasteiger partial charge in [0, 0.05) is 26.1 Å². The van der Waals surface area contributed by atoms with Crippen LogP contribution in [0.1, 0.15) is 37.7 Å². The van der Waals surface area contributed by atoms with Crippen molar-refractivity contribution in [2.24, 2.45) is 0 Å². The molecule has 0 bridgehead atoms. The van der Waals surface area contributed by atoms with Gasteiger partial charge in [0.05, 0.1) is 0 Å². The van der Waals surface area contributed by atoms with Crippen LogP contribution in [0.15, 0.2) is 24.3 Å². The standard InChI is InChI=1S/C16H24N2O2/c1-18(12-13-5-8-15(19)9-6-13)16(20)10-7-14-4-2-3-11-17-14/h5-6,8-9,14,17,19H,2-4,7,10-12H2,1H3. The van der Waals surface area contributed by atoms with E-state index in [1.54, 1.807) is 17.0 Å². The lowest BCUT2D eigenvalue weighted by Crippen LogP contribution is -2.35. The summed E-state index contributed by atoms with van der Waals surface area (Å²) >= 11 is 0. The van der Waals surface area contributed by atoms with Crippen LogP contribution in [0.4, 0.5) is 0 Å². The van der Waals surface area contributed by atoms with E-state index in [9.17, 15) is 9.90 Å². The van der Waals surface area contributed by atoms with E-state index in [1.807, 2.05) is 19.2 Å². The second kappa shape index (κ2) is 7.29. The molecule has 4 heteroatoms. The van der Waals surface area contributed by atoms with Crippen molar-refractivity contribution in [3.8, 4) is 5.75 Å². The molecule has 1 saturated heterocycles. The number of carbonyl (C=O) groups excluding carboxylic acids is 1. The third kappa shape index (κ3) is 4.53. The van der Waals surface area contributed by atoms with Gasteiger partial charge in [-0.3, -0.25) is 4.79 Å². The number of phenols is 1. The lowest BCUT2D eigenvalue weighted by molar-refractivity contribution is -0.130. The van der Waals surface area contributed by atoms with Crippen LogP contribution < -0.4 is 5.32 Å². The molecule has 1 heterocycles. The Bertz CT molecular complexity index is 425. The number of aromatic hydroxyl groups is 1.